The summed E-state index contributed by atoms with van der Waals surface area (Å²) in [6.45, 7) is 1.19. The highest BCUT2D eigenvalue weighted by Gasteiger charge is 2.14. The van der Waals surface area contributed by atoms with E-state index in [-0.39, 0.29) is 10.6 Å². The number of hydrogen-bond donors (Lipinski definition) is 4. The first-order valence-corrected chi connectivity index (χ1v) is 9.53. The Balaban J connectivity index is 1.88. The van der Waals surface area contributed by atoms with Crippen LogP contribution in [-0.2, 0) is 14.8 Å². The van der Waals surface area contributed by atoms with Crippen molar-refractivity contribution in [3.63, 3.8) is 0 Å². The summed E-state index contributed by atoms with van der Waals surface area (Å²) in [5.41, 5.74) is 0.534. The van der Waals surface area contributed by atoms with Gasteiger partial charge in [-0.15, -0.1) is 0 Å². The topological polar surface area (TPSA) is 130 Å². The maximum absolute atomic E-state index is 13.1. The Morgan fingerprint density at radius 1 is 1.11 bits per heavy atom. The van der Waals surface area contributed by atoms with Gasteiger partial charge in [-0.05, 0) is 36.8 Å². The summed E-state index contributed by atoms with van der Waals surface area (Å²) in [6.07, 6.45) is 0. The number of primary sulfonamides is 1. The van der Waals surface area contributed by atoms with Gasteiger partial charge in [0.05, 0.1) is 17.5 Å². The number of amides is 3. The lowest BCUT2D eigenvalue weighted by atomic mass is 10.1. The number of sulfonamides is 1. The van der Waals surface area contributed by atoms with Gasteiger partial charge in [0.25, 0.3) is 0 Å². The molecule has 0 radical (unpaired) electrons. The van der Waals surface area contributed by atoms with Crippen LogP contribution in [0.3, 0.4) is 0 Å². The van der Waals surface area contributed by atoms with Crippen molar-refractivity contribution in [1.82, 2.24) is 10.6 Å². The summed E-state index contributed by atoms with van der Waals surface area (Å²) in [7, 11) is -3.88. The van der Waals surface area contributed by atoms with Gasteiger partial charge in [0.2, 0.25) is 15.9 Å². The molecule has 150 valence electrons. The minimum absolute atomic E-state index is 0.0410. The first-order valence-electron chi connectivity index (χ1n) is 7.98. The monoisotopic (exact) mass is 412 g/mol. The number of carbonyl (C=O) groups is 2. The van der Waals surface area contributed by atoms with E-state index < -0.39 is 46.2 Å². The first-order chi connectivity index (χ1) is 13.1. The zero-order chi connectivity index (χ0) is 20.9. The van der Waals surface area contributed by atoms with Crippen molar-refractivity contribution in [2.75, 3.05) is 11.9 Å². The third-order valence-electron chi connectivity index (χ3n) is 3.65. The second kappa shape index (κ2) is 8.76. The maximum Gasteiger partial charge on any atom is 0.315 e. The van der Waals surface area contributed by atoms with Crippen LogP contribution >= 0.6 is 0 Å². The van der Waals surface area contributed by atoms with Crippen molar-refractivity contribution in [3.8, 4) is 0 Å². The fraction of sp³-hybridized carbons (Fsp3) is 0.176. The third-order valence-corrected chi connectivity index (χ3v) is 4.56. The van der Waals surface area contributed by atoms with Crippen LogP contribution in [0, 0.1) is 11.6 Å². The van der Waals surface area contributed by atoms with Gasteiger partial charge in [0.1, 0.15) is 0 Å². The van der Waals surface area contributed by atoms with Gasteiger partial charge in [-0.2, -0.15) is 0 Å². The molecular formula is C17H18F2N4O4S. The molecule has 0 heterocycles. The lowest BCUT2D eigenvalue weighted by molar-refractivity contribution is -0.115. The summed E-state index contributed by atoms with van der Waals surface area (Å²) in [4.78, 5) is 23.6. The molecule has 2 aromatic rings. The number of nitrogens with two attached hydrogens (primary N) is 1. The van der Waals surface area contributed by atoms with Crippen LogP contribution in [0.25, 0.3) is 0 Å². The Hall–Kier alpha value is -3.05. The molecule has 2 aromatic carbocycles. The lowest BCUT2D eigenvalue weighted by Gasteiger charge is -2.15. The number of benzene rings is 2. The second-order valence-corrected chi connectivity index (χ2v) is 7.40. The van der Waals surface area contributed by atoms with E-state index in [9.17, 15) is 26.8 Å². The highest BCUT2D eigenvalue weighted by Crippen LogP contribution is 2.16. The van der Waals surface area contributed by atoms with E-state index in [1.807, 2.05) is 0 Å². The molecule has 3 amide bonds. The van der Waals surface area contributed by atoms with Crippen LogP contribution in [0.1, 0.15) is 18.5 Å². The molecule has 0 aromatic heterocycles. The Kier molecular flexibility index (Phi) is 6.65. The molecule has 0 bridgehead atoms. The molecule has 0 saturated carbocycles. The Morgan fingerprint density at radius 2 is 1.82 bits per heavy atom. The van der Waals surface area contributed by atoms with E-state index in [1.54, 1.807) is 13.0 Å². The molecule has 2 rings (SSSR count). The third kappa shape index (κ3) is 5.99. The molecule has 28 heavy (non-hydrogen) atoms. The van der Waals surface area contributed by atoms with Crippen molar-refractivity contribution in [1.29, 1.82) is 0 Å². The first kappa shape index (κ1) is 21.3. The molecule has 1 unspecified atom stereocenters. The van der Waals surface area contributed by atoms with Crippen molar-refractivity contribution in [2.24, 2.45) is 5.14 Å². The van der Waals surface area contributed by atoms with Crippen molar-refractivity contribution in [3.05, 3.63) is 59.7 Å². The molecule has 0 fully saturated rings. The Labute approximate surface area is 160 Å². The van der Waals surface area contributed by atoms with E-state index >= 15 is 0 Å². The molecule has 1 atom stereocenters. The number of halogens is 2. The fourth-order valence-electron chi connectivity index (χ4n) is 2.23. The molecule has 0 aliphatic rings. The number of hydrogen-bond acceptors (Lipinski definition) is 4. The number of anilines is 1. The second-order valence-electron chi connectivity index (χ2n) is 5.84. The van der Waals surface area contributed by atoms with E-state index in [2.05, 4.69) is 16.0 Å². The minimum atomic E-state index is -3.88. The number of carbonyl (C=O) groups excluding carboxylic acids is 2. The summed E-state index contributed by atoms with van der Waals surface area (Å²) in [5.74, 6) is -2.81. The molecule has 0 aliphatic carbocycles. The van der Waals surface area contributed by atoms with Crippen molar-refractivity contribution in [2.45, 2.75) is 17.9 Å². The minimum Gasteiger partial charge on any atom is -0.332 e. The van der Waals surface area contributed by atoms with Gasteiger partial charge in [-0.3, -0.25) is 4.79 Å². The molecule has 11 heteroatoms. The molecular weight excluding hydrogens is 394 g/mol. The standard InChI is InChI=1S/C17H18F2N4O4S/c1-10(11-3-2-4-13(7-11)28(20,26)27)22-17(25)21-9-16(24)23-12-5-6-14(18)15(19)8-12/h2-8,10H,9H2,1H3,(H,23,24)(H2,20,26,27)(H2,21,22,25). The van der Waals surface area contributed by atoms with E-state index in [0.717, 1.165) is 12.1 Å². The quantitative estimate of drug-likeness (QED) is 0.574. The van der Waals surface area contributed by atoms with Crippen molar-refractivity contribution >= 4 is 27.6 Å². The van der Waals surface area contributed by atoms with E-state index in [0.29, 0.717) is 5.56 Å². The molecule has 8 nitrogen and oxygen atoms in total. The largest absolute Gasteiger partial charge is 0.332 e. The van der Waals surface area contributed by atoms with Gasteiger partial charge >= 0.3 is 6.03 Å². The Bertz CT molecular complexity index is 998. The Morgan fingerprint density at radius 3 is 2.46 bits per heavy atom. The van der Waals surface area contributed by atoms with Crippen LogP contribution in [0.2, 0.25) is 0 Å². The number of nitrogens with one attached hydrogen (secondary N) is 3. The van der Waals surface area contributed by atoms with Gasteiger partial charge < -0.3 is 16.0 Å². The van der Waals surface area contributed by atoms with E-state index in [4.69, 9.17) is 5.14 Å². The summed E-state index contributed by atoms with van der Waals surface area (Å²) < 4.78 is 48.7. The molecule has 0 saturated heterocycles. The fourth-order valence-corrected chi connectivity index (χ4v) is 2.80. The van der Waals surface area contributed by atoms with Gasteiger partial charge in [0, 0.05) is 11.8 Å². The van der Waals surface area contributed by atoms with Crippen molar-refractivity contribution < 1.29 is 26.8 Å². The lowest BCUT2D eigenvalue weighted by Crippen LogP contribution is -2.41. The van der Waals surface area contributed by atoms with Crippen LogP contribution in [-0.4, -0.2) is 26.9 Å². The van der Waals surface area contributed by atoms with E-state index in [1.165, 1.54) is 24.3 Å². The van der Waals surface area contributed by atoms with Crippen LogP contribution < -0.4 is 21.1 Å². The predicted octanol–water partition coefficient (Wildman–Crippen LogP) is 1.61. The normalized spacial score (nSPS) is 12.1. The highest BCUT2D eigenvalue weighted by atomic mass is 32.2. The van der Waals surface area contributed by atoms with Gasteiger partial charge in [-0.1, -0.05) is 12.1 Å². The number of urea groups is 1. The predicted molar refractivity (Wildman–Crippen MR) is 97.8 cm³/mol. The zero-order valence-electron chi connectivity index (χ0n) is 14.7. The summed E-state index contributed by atoms with van der Waals surface area (Å²) >= 11 is 0. The maximum atomic E-state index is 13.1. The average Bonchev–Trinajstić information content (AvgIpc) is 2.62. The van der Waals surface area contributed by atoms with Crippen LogP contribution in [0.5, 0.6) is 0 Å². The average molecular weight is 412 g/mol. The number of rotatable bonds is 6. The molecule has 0 aliphatic heterocycles. The molecule has 5 N–H and O–H groups in total. The summed E-state index contributed by atoms with van der Waals surface area (Å²) in [6, 6.07) is 7.35. The smallest absolute Gasteiger partial charge is 0.315 e. The van der Waals surface area contributed by atoms with Crippen LogP contribution in [0.4, 0.5) is 19.3 Å². The van der Waals surface area contributed by atoms with Gasteiger partial charge in [-0.25, -0.2) is 27.1 Å². The van der Waals surface area contributed by atoms with Gasteiger partial charge in [0.15, 0.2) is 11.6 Å². The highest BCUT2D eigenvalue weighted by molar-refractivity contribution is 7.89. The SMILES string of the molecule is CC(NC(=O)NCC(=O)Nc1ccc(F)c(F)c1)c1cccc(S(N)(=O)=O)c1. The zero-order valence-corrected chi connectivity index (χ0v) is 15.5. The van der Waals surface area contributed by atoms with Crippen LogP contribution in [0.15, 0.2) is 47.4 Å². The molecule has 0 spiro atoms. The summed E-state index contributed by atoms with van der Waals surface area (Å²) in [5, 5.41) is 12.2.